The van der Waals surface area contributed by atoms with Crippen molar-refractivity contribution in [3.63, 3.8) is 0 Å². The van der Waals surface area contributed by atoms with Crippen LogP contribution >= 0.6 is 0 Å². The summed E-state index contributed by atoms with van der Waals surface area (Å²) in [5, 5.41) is 23.9. The second-order valence-electron chi connectivity index (χ2n) is 11.1. The van der Waals surface area contributed by atoms with Crippen LogP contribution in [-0.2, 0) is 5.41 Å². The molecule has 5 fully saturated rings. The second-order valence-corrected chi connectivity index (χ2v) is 11.1. The van der Waals surface area contributed by atoms with E-state index in [0.29, 0.717) is 35.9 Å². The summed E-state index contributed by atoms with van der Waals surface area (Å²) < 4.78 is 0.894. The van der Waals surface area contributed by atoms with Crippen molar-refractivity contribution in [2.45, 2.75) is 94.7 Å². The quantitative estimate of drug-likeness (QED) is 0.555. The number of hydrogen-bond donors (Lipinski definition) is 2. The van der Waals surface area contributed by atoms with E-state index in [1.165, 1.54) is 43.4 Å². The number of likely N-dealkylation sites (N-methyl/N-ethyl adjacent to an activating group) is 1. The normalized spacial score (nSPS) is 49.6. The van der Waals surface area contributed by atoms with E-state index in [4.69, 9.17) is 0 Å². The van der Waals surface area contributed by atoms with Gasteiger partial charge in [-0.15, -0.1) is 0 Å². The Morgan fingerprint density at radius 2 is 1.90 bits per heavy atom. The fourth-order valence-electron chi connectivity index (χ4n) is 9.65. The molecule has 0 aromatic heterocycles. The van der Waals surface area contributed by atoms with Crippen molar-refractivity contribution in [2.24, 2.45) is 17.8 Å². The highest BCUT2D eigenvalue weighted by molar-refractivity contribution is 5.66. The van der Waals surface area contributed by atoms with Crippen LogP contribution in [0.25, 0.3) is 0 Å². The van der Waals surface area contributed by atoms with E-state index >= 15 is 0 Å². The van der Waals surface area contributed by atoms with Gasteiger partial charge in [0.25, 0.3) is 0 Å². The highest BCUT2D eigenvalue weighted by Crippen LogP contribution is 2.71. The lowest BCUT2D eigenvalue weighted by molar-refractivity contribution is -1.04. The standard InChI is InChI=1S/C26H39N2O2/c1-4-6-7-10-13-28-20-14-17(16(5-2)25(28)30)22-21(28)15-26(24(22)29)18-11-8-9-12-19(18)27(3)23(20)26/h8-9,11-12,16-17,20-25,29-30H,4-7,10,13-15H2,1-3H3/q+1. The Hall–Kier alpha value is -1.10. The Labute approximate surface area is 181 Å². The molecule has 1 aliphatic carbocycles. The van der Waals surface area contributed by atoms with E-state index in [1.54, 1.807) is 0 Å². The predicted molar refractivity (Wildman–Crippen MR) is 119 cm³/mol. The van der Waals surface area contributed by atoms with Gasteiger partial charge in [0.15, 0.2) is 6.23 Å². The number of para-hydroxylation sites is 1. The van der Waals surface area contributed by atoms with Crippen LogP contribution in [-0.4, -0.2) is 58.7 Å². The van der Waals surface area contributed by atoms with Crippen molar-refractivity contribution in [1.82, 2.24) is 0 Å². The lowest BCUT2D eigenvalue weighted by Crippen LogP contribution is -2.83. The fourth-order valence-corrected chi connectivity index (χ4v) is 9.65. The Kier molecular flexibility index (Phi) is 4.22. The third-order valence-corrected chi connectivity index (χ3v) is 10.5. The molecule has 0 radical (unpaired) electrons. The van der Waals surface area contributed by atoms with Crippen LogP contribution in [0.4, 0.5) is 5.69 Å². The van der Waals surface area contributed by atoms with Gasteiger partial charge in [-0.3, -0.25) is 4.48 Å². The Balaban J connectivity index is 1.50. The summed E-state index contributed by atoms with van der Waals surface area (Å²) >= 11 is 0. The maximum absolute atomic E-state index is 12.0. The van der Waals surface area contributed by atoms with E-state index in [2.05, 4.69) is 50.1 Å². The van der Waals surface area contributed by atoms with Gasteiger partial charge in [-0.2, -0.15) is 0 Å². The lowest BCUT2D eigenvalue weighted by atomic mass is 9.60. The number of nitrogens with zero attached hydrogens (tertiary/aromatic N) is 2. The molecule has 4 saturated heterocycles. The first-order chi connectivity index (χ1) is 14.5. The van der Waals surface area contributed by atoms with Gasteiger partial charge in [-0.1, -0.05) is 44.9 Å². The molecule has 1 spiro atoms. The summed E-state index contributed by atoms with van der Waals surface area (Å²) in [4.78, 5) is 2.50. The molecule has 1 aromatic rings. The first kappa shape index (κ1) is 19.6. The van der Waals surface area contributed by atoms with E-state index in [9.17, 15) is 10.2 Å². The number of piperidine rings is 4. The molecule has 30 heavy (non-hydrogen) atoms. The van der Waals surface area contributed by atoms with Gasteiger partial charge in [0.1, 0.15) is 6.04 Å². The number of benzene rings is 1. The van der Waals surface area contributed by atoms with Crippen molar-refractivity contribution in [1.29, 1.82) is 0 Å². The molecule has 1 saturated carbocycles. The Bertz CT molecular complexity index is 844. The first-order valence-electron chi connectivity index (χ1n) is 12.6. The maximum Gasteiger partial charge on any atom is 0.194 e. The van der Waals surface area contributed by atoms with Crippen LogP contribution in [0.5, 0.6) is 0 Å². The molecule has 0 amide bonds. The molecular weight excluding hydrogens is 372 g/mol. The second kappa shape index (κ2) is 6.46. The zero-order valence-electron chi connectivity index (χ0n) is 18.9. The minimum absolute atomic E-state index is 0.131. The van der Waals surface area contributed by atoms with Gasteiger partial charge in [-0.25, -0.2) is 0 Å². The zero-order valence-corrected chi connectivity index (χ0v) is 18.9. The number of hydrogen-bond acceptors (Lipinski definition) is 3. The van der Waals surface area contributed by atoms with Crippen LogP contribution in [0.2, 0.25) is 0 Å². The number of unbranched alkanes of at least 4 members (excludes halogenated alkanes) is 3. The minimum atomic E-state index is -0.272. The lowest BCUT2D eigenvalue weighted by Gasteiger charge is -2.68. The average Bonchev–Trinajstić information content (AvgIpc) is 3.14. The van der Waals surface area contributed by atoms with Crippen molar-refractivity contribution >= 4 is 5.69 Å². The van der Waals surface area contributed by atoms with Gasteiger partial charge in [-0.05, 0) is 36.8 Å². The molecule has 164 valence electrons. The average molecular weight is 412 g/mol. The summed E-state index contributed by atoms with van der Waals surface area (Å²) in [5.74, 6) is 1.18. The topological polar surface area (TPSA) is 43.7 Å². The zero-order chi connectivity index (χ0) is 20.8. The van der Waals surface area contributed by atoms with Crippen LogP contribution < -0.4 is 4.90 Å². The number of anilines is 1. The highest BCUT2D eigenvalue weighted by Gasteiger charge is 2.82. The first-order valence-corrected chi connectivity index (χ1v) is 12.6. The summed E-state index contributed by atoms with van der Waals surface area (Å²) in [6, 6.07) is 10.0. The maximum atomic E-state index is 12.0. The number of aliphatic hydroxyl groups is 2. The summed E-state index contributed by atoms with van der Waals surface area (Å²) in [5.41, 5.74) is 2.57. The third kappa shape index (κ3) is 1.96. The molecule has 5 aliphatic heterocycles. The third-order valence-electron chi connectivity index (χ3n) is 10.5. The summed E-state index contributed by atoms with van der Waals surface area (Å²) in [6.07, 6.45) is 7.77. The van der Waals surface area contributed by atoms with Gasteiger partial charge in [0.05, 0.1) is 30.1 Å². The molecule has 7 rings (SSSR count). The molecular formula is C26H39N2O2+. The summed E-state index contributed by atoms with van der Waals surface area (Å²) in [7, 11) is 2.25. The fraction of sp³-hybridized carbons (Fsp3) is 0.769. The Morgan fingerprint density at radius 1 is 1.10 bits per heavy atom. The van der Waals surface area contributed by atoms with Crippen LogP contribution in [0.15, 0.2) is 24.3 Å². The Morgan fingerprint density at radius 3 is 2.67 bits per heavy atom. The van der Waals surface area contributed by atoms with Crippen molar-refractivity contribution in [2.75, 3.05) is 18.5 Å². The van der Waals surface area contributed by atoms with E-state index in [-0.39, 0.29) is 17.7 Å². The van der Waals surface area contributed by atoms with Crippen molar-refractivity contribution in [3.8, 4) is 0 Å². The molecule has 6 aliphatic rings. The van der Waals surface area contributed by atoms with Gasteiger partial charge in [0, 0.05) is 37.4 Å². The minimum Gasteiger partial charge on any atom is -0.392 e. The van der Waals surface area contributed by atoms with Gasteiger partial charge < -0.3 is 15.1 Å². The highest BCUT2D eigenvalue weighted by atomic mass is 16.3. The smallest absolute Gasteiger partial charge is 0.194 e. The van der Waals surface area contributed by atoms with E-state index < -0.39 is 0 Å². The van der Waals surface area contributed by atoms with Crippen LogP contribution in [0.3, 0.4) is 0 Å². The molecule has 1 aromatic carbocycles. The van der Waals surface area contributed by atoms with Gasteiger partial charge >= 0.3 is 0 Å². The number of quaternary nitrogens is 1. The monoisotopic (exact) mass is 411 g/mol. The van der Waals surface area contributed by atoms with Crippen LogP contribution in [0, 0.1) is 17.8 Å². The van der Waals surface area contributed by atoms with E-state index in [0.717, 1.165) is 23.9 Å². The SMILES string of the molecule is CCCCCC[N+]12C(O)C(CC)C3CC1C1N(C)c4ccccc4C14CC2C3C4O. The molecule has 10 unspecified atom stereocenters. The van der Waals surface area contributed by atoms with E-state index in [1.807, 2.05) is 0 Å². The van der Waals surface area contributed by atoms with Crippen LogP contribution in [0.1, 0.15) is 64.4 Å². The number of rotatable bonds is 6. The number of fused-ring (bicyclic) bond motifs is 2. The molecule has 5 bridgehead atoms. The number of aliphatic hydroxyl groups excluding tert-OH is 2. The largest absolute Gasteiger partial charge is 0.392 e. The van der Waals surface area contributed by atoms with Gasteiger partial charge in [0.2, 0.25) is 0 Å². The van der Waals surface area contributed by atoms with Crippen molar-refractivity contribution in [3.05, 3.63) is 29.8 Å². The molecule has 4 nitrogen and oxygen atoms in total. The molecule has 2 N–H and O–H groups in total. The summed E-state index contributed by atoms with van der Waals surface area (Å²) in [6.45, 7) is 5.62. The predicted octanol–water partition coefficient (Wildman–Crippen LogP) is 3.65. The molecule has 5 heterocycles. The van der Waals surface area contributed by atoms with Crippen molar-refractivity contribution < 1.29 is 14.7 Å². The molecule has 10 atom stereocenters. The molecule has 4 heteroatoms.